The predicted octanol–water partition coefficient (Wildman–Crippen LogP) is 2.86. The summed E-state index contributed by atoms with van der Waals surface area (Å²) in [6.45, 7) is 2.54. The summed E-state index contributed by atoms with van der Waals surface area (Å²) >= 11 is 5.77. The van der Waals surface area contributed by atoms with Crippen molar-refractivity contribution in [2.24, 2.45) is 0 Å². The van der Waals surface area contributed by atoms with Crippen molar-refractivity contribution in [2.45, 2.75) is 19.0 Å². The zero-order valence-corrected chi connectivity index (χ0v) is 16.0. The number of fused-ring (bicyclic) bond motifs is 1. The number of nitrogens with zero attached hydrogens (tertiary/aromatic N) is 2. The lowest BCUT2D eigenvalue weighted by Gasteiger charge is -2.25. The minimum Gasteiger partial charge on any atom is -0.494 e. The first kappa shape index (κ1) is 17.3. The molecule has 0 aromatic heterocycles. The molecule has 2 atom stereocenters. The van der Waals surface area contributed by atoms with Crippen LogP contribution in [0.5, 0.6) is 5.75 Å². The highest BCUT2D eigenvalue weighted by molar-refractivity contribution is 7.91. The molecule has 0 aliphatic carbocycles. The third-order valence-electron chi connectivity index (χ3n) is 4.83. The SMILES string of the molecule is CCOc1ccc(N2C(=S)N(c3ccccc3)[C@H]3CS(=O)(=O)C[C@@H]32)cc1. The zero-order chi connectivity index (χ0) is 18.3. The van der Waals surface area contributed by atoms with Crippen LogP contribution in [-0.4, -0.2) is 43.7 Å². The van der Waals surface area contributed by atoms with Gasteiger partial charge in [-0.25, -0.2) is 8.42 Å². The second-order valence-corrected chi connectivity index (χ2v) is 9.02. The fourth-order valence-electron chi connectivity index (χ4n) is 3.77. The highest BCUT2D eigenvalue weighted by atomic mass is 32.2. The van der Waals surface area contributed by atoms with Gasteiger partial charge in [0.2, 0.25) is 0 Å². The standard InChI is InChI=1S/C19H20N2O3S2/c1-2-24-16-10-8-15(9-11-16)21-18-13-26(22,23)12-17(18)20(19(21)25)14-6-4-3-5-7-14/h3-11,17-18H,2,12-13H2,1H3/t17-,18-/m0/s1. The van der Waals surface area contributed by atoms with E-state index in [-0.39, 0.29) is 23.6 Å². The summed E-state index contributed by atoms with van der Waals surface area (Å²) in [6.07, 6.45) is 0. The molecule has 2 heterocycles. The molecule has 2 fully saturated rings. The van der Waals surface area contributed by atoms with Gasteiger partial charge in [0.25, 0.3) is 0 Å². The molecule has 0 bridgehead atoms. The van der Waals surface area contributed by atoms with Gasteiger partial charge in [-0.05, 0) is 55.5 Å². The normalized spacial score (nSPS) is 24.0. The lowest BCUT2D eigenvalue weighted by Crippen LogP contribution is -2.37. The van der Waals surface area contributed by atoms with Gasteiger partial charge >= 0.3 is 0 Å². The van der Waals surface area contributed by atoms with Crippen molar-refractivity contribution in [1.29, 1.82) is 0 Å². The van der Waals surface area contributed by atoms with E-state index in [1.807, 2.05) is 71.3 Å². The molecule has 0 unspecified atom stereocenters. The smallest absolute Gasteiger partial charge is 0.181 e. The Bertz CT molecular complexity index is 914. The quantitative estimate of drug-likeness (QED) is 0.751. The highest BCUT2D eigenvalue weighted by Gasteiger charge is 2.52. The maximum absolute atomic E-state index is 12.3. The Labute approximate surface area is 159 Å². The van der Waals surface area contributed by atoms with Crippen LogP contribution in [0.4, 0.5) is 11.4 Å². The lowest BCUT2D eigenvalue weighted by molar-refractivity contribution is 0.340. The van der Waals surface area contributed by atoms with Gasteiger partial charge in [0, 0.05) is 11.4 Å². The summed E-state index contributed by atoms with van der Waals surface area (Å²) < 4.78 is 30.2. The van der Waals surface area contributed by atoms with Crippen LogP contribution in [0.15, 0.2) is 54.6 Å². The molecule has 2 aromatic rings. The second-order valence-electron chi connectivity index (χ2n) is 6.50. The number of thiocarbonyl (C=S) groups is 1. The van der Waals surface area contributed by atoms with Crippen LogP contribution < -0.4 is 14.5 Å². The topological polar surface area (TPSA) is 49.9 Å². The minimum absolute atomic E-state index is 0.119. The first-order valence-electron chi connectivity index (χ1n) is 8.61. The van der Waals surface area contributed by atoms with Crippen molar-refractivity contribution < 1.29 is 13.2 Å². The van der Waals surface area contributed by atoms with Gasteiger partial charge in [-0.2, -0.15) is 0 Å². The number of ether oxygens (including phenoxy) is 1. The molecule has 4 rings (SSSR count). The molecule has 0 radical (unpaired) electrons. The van der Waals surface area contributed by atoms with Crippen molar-refractivity contribution in [3.63, 3.8) is 0 Å². The number of anilines is 2. The van der Waals surface area contributed by atoms with E-state index in [9.17, 15) is 8.42 Å². The Morgan fingerprint density at radius 3 is 2.04 bits per heavy atom. The molecule has 2 aliphatic heterocycles. The van der Waals surface area contributed by atoms with Gasteiger partial charge in [0.15, 0.2) is 14.9 Å². The van der Waals surface area contributed by atoms with Gasteiger partial charge in [-0.3, -0.25) is 0 Å². The molecule has 0 spiro atoms. The summed E-state index contributed by atoms with van der Waals surface area (Å²) in [5, 5.41) is 0.644. The molecule has 0 amide bonds. The monoisotopic (exact) mass is 388 g/mol. The van der Waals surface area contributed by atoms with Crippen molar-refractivity contribution in [3.8, 4) is 5.75 Å². The summed E-state index contributed by atoms with van der Waals surface area (Å²) in [4.78, 5) is 3.97. The molecular formula is C19H20N2O3S2. The summed E-state index contributed by atoms with van der Waals surface area (Å²) in [5.74, 6) is 1.03. The molecule has 0 N–H and O–H groups in total. The van der Waals surface area contributed by atoms with Crippen molar-refractivity contribution >= 4 is 38.5 Å². The Kier molecular flexibility index (Phi) is 4.36. The molecular weight excluding hydrogens is 368 g/mol. The molecule has 136 valence electrons. The number of hydrogen-bond acceptors (Lipinski definition) is 4. The third kappa shape index (κ3) is 2.95. The number of para-hydroxylation sites is 1. The maximum atomic E-state index is 12.3. The van der Waals surface area contributed by atoms with E-state index in [1.165, 1.54) is 0 Å². The van der Waals surface area contributed by atoms with Gasteiger partial charge in [0.05, 0.1) is 30.2 Å². The molecule has 7 heteroatoms. The number of hydrogen-bond donors (Lipinski definition) is 0. The largest absolute Gasteiger partial charge is 0.494 e. The Morgan fingerprint density at radius 1 is 0.962 bits per heavy atom. The van der Waals surface area contributed by atoms with Crippen LogP contribution in [0.1, 0.15) is 6.92 Å². The fourth-order valence-corrected chi connectivity index (χ4v) is 6.17. The van der Waals surface area contributed by atoms with Crippen molar-refractivity contribution in [2.75, 3.05) is 27.9 Å². The van der Waals surface area contributed by atoms with E-state index < -0.39 is 9.84 Å². The minimum atomic E-state index is -3.10. The summed E-state index contributed by atoms with van der Waals surface area (Å²) in [5.41, 5.74) is 1.82. The molecule has 0 saturated carbocycles. The highest BCUT2D eigenvalue weighted by Crippen LogP contribution is 2.38. The van der Waals surface area contributed by atoms with Crippen LogP contribution in [0.25, 0.3) is 0 Å². The number of benzene rings is 2. The van der Waals surface area contributed by atoms with Crippen LogP contribution in [0.3, 0.4) is 0 Å². The fraction of sp³-hybridized carbons (Fsp3) is 0.316. The van der Waals surface area contributed by atoms with E-state index in [1.54, 1.807) is 0 Å². The number of rotatable bonds is 4. The molecule has 2 aromatic carbocycles. The Morgan fingerprint density at radius 2 is 1.50 bits per heavy atom. The summed E-state index contributed by atoms with van der Waals surface area (Å²) in [6, 6.07) is 17.1. The lowest BCUT2D eigenvalue weighted by atomic mass is 10.1. The van der Waals surface area contributed by atoms with Gasteiger partial charge < -0.3 is 14.5 Å². The van der Waals surface area contributed by atoms with Crippen LogP contribution in [0.2, 0.25) is 0 Å². The second kappa shape index (κ2) is 6.55. The number of sulfone groups is 1. The van der Waals surface area contributed by atoms with Crippen LogP contribution in [0, 0.1) is 0 Å². The molecule has 2 aliphatic rings. The Balaban J connectivity index is 1.73. The maximum Gasteiger partial charge on any atom is 0.181 e. The average Bonchev–Trinajstić information content (AvgIpc) is 3.05. The van der Waals surface area contributed by atoms with E-state index >= 15 is 0 Å². The van der Waals surface area contributed by atoms with Crippen LogP contribution >= 0.6 is 12.2 Å². The average molecular weight is 389 g/mol. The van der Waals surface area contributed by atoms with E-state index in [2.05, 4.69) is 0 Å². The summed E-state index contributed by atoms with van der Waals surface area (Å²) in [7, 11) is -3.10. The molecule has 5 nitrogen and oxygen atoms in total. The van der Waals surface area contributed by atoms with Gasteiger partial charge in [-0.15, -0.1) is 0 Å². The van der Waals surface area contributed by atoms with E-state index in [4.69, 9.17) is 17.0 Å². The van der Waals surface area contributed by atoms with Gasteiger partial charge in [-0.1, -0.05) is 18.2 Å². The van der Waals surface area contributed by atoms with Crippen LogP contribution in [-0.2, 0) is 9.84 Å². The first-order chi connectivity index (χ1) is 12.5. The zero-order valence-electron chi connectivity index (χ0n) is 14.4. The van der Waals surface area contributed by atoms with Crippen molar-refractivity contribution in [1.82, 2.24) is 0 Å². The van der Waals surface area contributed by atoms with Crippen molar-refractivity contribution in [3.05, 3.63) is 54.6 Å². The van der Waals surface area contributed by atoms with E-state index in [0.717, 1.165) is 17.1 Å². The molecule has 2 saturated heterocycles. The third-order valence-corrected chi connectivity index (χ3v) is 6.92. The Hall–Kier alpha value is -2.12. The van der Waals surface area contributed by atoms with Gasteiger partial charge in [0.1, 0.15) is 5.75 Å². The predicted molar refractivity (Wildman–Crippen MR) is 108 cm³/mol. The first-order valence-corrected chi connectivity index (χ1v) is 10.8. The van der Waals surface area contributed by atoms with E-state index in [0.29, 0.717) is 11.7 Å². The molecule has 26 heavy (non-hydrogen) atoms.